The summed E-state index contributed by atoms with van der Waals surface area (Å²) in [6.07, 6.45) is 0. The number of H-pyrrole nitrogens is 4. The average Bonchev–Trinajstić information content (AvgIpc) is 3.11. The SMILES string of the molecule is COc1cc(C(c2c(C)[nH][nH]c2=O)c2c(C)[nH][nH]c2=O)cc(Cl)c1OC. The number of nitrogens with one attached hydrogen (secondary N) is 4. The lowest BCUT2D eigenvalue weighted by molar-refractivity contribution is 0.354. The zero-order valence-corrected chi connectivity index (χ0v) is 15.5. The first kappa shape index (κ1) is 17.9. The summed E-state index contributed by atoms with van der Waals surface area (Å²) < 4.78 is 10.6. The standard InChI is InChI=1S/C17H19ClN4O4/c1-7-12(16(23)21-19-7)14(13-8(2)20-22-17(13)24)9-5-10(18)15(26-4)11(6-9)25-3/h5-6,14H,1-4H3,(H2,19,21,23)(H2,20,22,24). The Morgan fingerprint density at radius 3 is 1.81 bits per heavy atom. The molecule has 1 aromatic carbocycles. The van der Waals surface area contributed by atoms with Crippen LogP contribution in [0.25, 0.3) is 0 Å². The molecule has 0 radical (unpaired) electrons. The Morgan fingerprint density at radius 2 is 1.42 bits per heavy atom. The topological polar surface area (TPSA) is 116 Å². The molecule has 9 heteroatoms. The first-order chi connectivity index (χ1) is 12.4. The second-order valence-electron chi connectivity index (χ2n) is 5.91. The fraction of sp³-hybridized carbons (Fsp3) is 0.294. The summed E-state index contributed by atoms with van der Waals surface area (Å²) in [5.41, 5.74) is 2.14. The lowest BCUT2D eigenvalue weighted by atomic mass is 9.85. The van der Waals surface area contributed by atoms with Crippen LogP contribution in [-0.2, 0) is 0 Å². The summed E-state index contributed by atoms with van der Waals surface area (Å²) in [5.74, 6) is 0.155. The lowest BCUT2D eigenvalue weighted by Gasteiger charge is -2.19. The van der Waals surface area contributed by atoms with Gasteiger partial charge >= 0.3 is 0 Å². The van der Waals surface area contributed by atoms with Crippen molar-refractivity contribution in [2.45, 2.75) is 19.8 Å². The van der Waals surface area contributed by atoms with Crippen LogP contribution in [0.15, 0.2) is 21.7 Å². The third-order valence-corrected chi connectivity index (χ3v) is 4.67. The van der Waals surface area contributed by atoms with Crippen molar-refractivity contribution in [1.29, 1.82) is 0 Å². The van der Waals surface area contributed by atoms with E-state index in [9.17, 15) is 9.59 Å². The van der Waals surface area contributed by atoms with Crippen LogP contribution in [0.5, 0.6) is 11.5 Å². The van der Waals surface area contributed by atoms with Crippen molar-refractivity contribution < 1.29 is 9.47 Å². The van der Waals surface area contributed by atoms with Gasteiger partial charge in [0.1, 0.15) is 0 Å². The molecular weight excluding hydrogens is 360 g/mol. The van der Waals surface area contributed by atoms with Crippen molar-refractivity contribution in [3.8, 4) is 11.5 Å². The molecule has 2 aromatic heterocycles. The van der Waals surface area contributed by atoms with Crippen molar-refractivity contribution in [2.24, 2.45) is 0 Å². The van der Waals surface area contributed by atoms with Gasteiger partial charge in [-0.2, -0.15) is 0 Å². The predicted molar refractivity (Wildman–Crippen MR) is 97.8 cm³/mol. The van der Waals surface area contributed by atoms with E-state index in [1.165, 1.54) is 14.2 Å². The Labute approximate surface area is 153 Å². The van der Waals surface area contributed by atoms with Gasteiger partial charge in [0.2, 0.25) is 0 Å². The Morgan fingerprint density at radius 1 is 0.885 bits per heavy atom. The molecule has 0 spiro atoms. The van der Waals surface area contributed by atoms with Crippen molar-refractivity contribution in [3.05, 3.63) is 65.9 Å². The van der Waals surface area contributed by atoms with Crippen LogP contribution in [0.3, 0.4) is 0 Å². The lowest BCUT2D eigenvalue weighted by Crippen LogP contribution is -2.20. The fourth-order valence-electron chi connectivity index (χ4n) is 3.19. The van der Waals surface area contributed by atoms with E-state index in [4.69, 9.17) is 21.1 Å². The maximum absolute atomic E-state index is 12.4. The average molecular weight is 379 g/mol. The van der Waals surface area contributed by atoms with Crippen LogP contribution < -0.4 is 20.6 Å². The Kier molecular flexibility index (Phi) is 4.69. The monoisotopic (exact) mass is 378 g/mol. The third-order valence-electron chi connectivity index (χ3n) is 4.39. The number of aromatic amines is 4. The van der Waals surface area contributed by atoms with Crippen molar-refractivity contribution >= 4 is 11.6 Å². The zero-order valence-electron chi connectivity index (χ0n) is 14.7. The highest BCUT2D eigenvalue weighted by Crippen LogP contribution is 2.41. The van der Waals surface area contributed by atoms with Gasteiger partial charge in [-0.1, -0.05) is 11.6 Å². The molecule has 0 aliphatic rings. The molecule has 0 unspecified atom stereocenters. The first-order valence-electron chi connectivity index (χ1n) is 7.84. The van der Waals surface area contributed by atoms with Gasteiger partial charge in [-0.3, -0.25) is 19.8 Å². The molecule has 0 saturated heterocycles. The quantitative estimate of drug-likeness (QED) is 0.544. The van der Waals surface area contributed by atoms with Crippen molar-refractivity contribution in [1.82, 2.24) is 20.4 Å². The molecule has 3 rings (SSSR count). The van der Waals surface area contributed by atoms with Gasteiger partial charge in [-0.15, -0.1) is 0 Å². The molecule has 0 aliphatic carbocycles. The van der Waals surface area contributed by atoms with Gasteiger partial charge < -0.3 is 19.7 Å². The summed E-state index contributed by atoms with van der Waals surface area (Å²) in [5, 5.41) is 11.1. The van der Waals surface area contributed by atoms with Crippen LogP contribution >= 0.6 is 11.6 Å². The number of benzene rings is 1. The number of halogens is 1. The minimum atomic E-state index is -0.641. The van der Waals surface area contributed by atoms with E-state index in [2.05, 4.69) is 20.4 Å². The number of hydrogen-bond donors (Lipinski definition) is 4. The summed E-state index contributed by atoms with van der Waals surface area (Å²) in [6.45, 7) is 3.53. The van der Waals surface area contributed by atoms with E-state index in [-0.39, 0.29) is 11.1 Å². The van der Waals surface area contributed by atoms with E-state index in [0.29, 0.717) is 44.6 Å². The molecule has 0 atom stereocenters. The summed E-state index contributed by atoms with van der Waals surface area (Å²) in [7, 11) is 2.98. The minimum Gasteiger partial charge on any atom is -0.493 e. The maximum Gasteiger partial charge on any atom is 0.268 e. The minimum absolute atomic E-state index is 0.307. The number of methoxy groups -OCH3 is 2. The van der Waals surface area contributed by atoms with Crippen molar-refractivity contribution in [3.63, 3.8) is 0 Å². The van der Waals surface area contributed by atoms with Crippen molar-refractivity contribution in [2.75, 3.05) is 14.2 Å². The van der Waals surface area contributed by atoms with Gasteiger partial charge in [0, 0.05) is 17.3 Å². The van der Waals surface area contributed by atoms with Crippen LogP contribution in [0, 0.1) is 13.8 Å². The fourth-order valence-corrected chi connectivity index (χ4v) is 3.48. The Bertz CT molecular complexity index is 1010. The molecule has 8 nitrogen and oxygen atoms in total. The largest absolute Gasteiger partial charge is 0.493 e. The molecule has 0 bridgehead atoms. The second kappa shape index (κ2) is 6.80. The molecule has 4 N–H and O–H groups in total. The number of aryl methyl sites for hydroxylation is 2. The smallest absolute Gasteiger partial charge is 0.268 e. The van der Waals surface area contributed by atoms with Crippen LogP contribution in [0.2, 0.25) is 5.02 Å². The second-order valence-corrected chi connectivity index (χ2v) is 6.31. The van der Waals surface area contributed by atoms with E-state index in [1.807, 2.05) is 0 Å². The molecule has 0 aliphatic heterocycles. The Hall–Kier alpha value is -2.87. The predicted octanol–water partition coefficient (Wildman–Crippen LogP) is 2.19. The van der Waals surface area contributed by atoms with Gasteiger partial charge in [0.05, 0.1) is 30.4 Å². The number of ether oxygens (including phenoxy) is 2. The number of hydrogen-bond acceptors (Lipinski definition) is 4. The molecule has 26 heavy (non-hydrogen) atoms. The van der Waals surface area contributed by atoms with E-state index in [1.54, 1.807) is 26.0 Å². The van der Waals surface area contributed by atoms with Crippen LogP contribution in [-0.4, -0.2) is 34.6 Å². The van der Waals surface area contributed by atoms with Gasteiger partial charge in [0.25, 0.3) is 11.1 Å². The molecular formula is C17H19ClN4O4. The van der Waals surface area contributed by atoms with Crippen LogP contribution in [0.1, 0.15) is 34.0 Å². The van der Waals surface area contributed by atoms with E-state index >= 15 is 0 Å². The molecule has 3 aromatic rings. The van der Waals surface area contributed by atoms with Gasteiger partial charge in [-0.25, -0.2) is 0 Å². The van der Waals surface area contributed by atoms with E-state index < -0.39 is 5.92 Å². The summed E-state index contributed by atoms with van der Waals surface area (Å²) in [6, 6.07) is 3.39. The summed E-state index contributed by atoms with van der Waals surface area (Å²) in [4.78, 5) is 24.9. The maximum atomic E-state index is 12.4. The highest BCUT2D eigenvalue weighted by Gasteiger charge is 2.29. The normalized spacial score (nSPS) is 11.2. The zero-order chi connectivity index (χ0) is 19.0. The first-order valence-corrected chi connectivity index (χ1v) is 8.22. The molecule has 138 valence electrons. The molecule has 2 heterocycles. The van der Waals surface area contributed by atoms with Gasteiger partial charge in [-0.05, 0) is 31.5 Å². The van der Waals surface area contributed by atoms with Crippen LogP contribution in [0.4, 0.5) is 0 Å². The number of aromatic nitrogens is 4. The molecule has 0 amide bonds. The summed E-state index contributed by atoms with van der Waals surface area (Å²) >= 11 is 6.35. The third kappa shape index (κ3) is 2.82. The molecule has 0 fully saturated rings. The highest BCUT2D eigenvalue weighted by molar-refractivity contribution is 6.32. The van der Waals surface area contributed by atoms with Gasteiger partial charge in [0.15, 0.2) is 11.5 Å². The molecule has 0 saturated carbocycles. The number of rotatable bonds is 5. The Balaban J connectivity index is 2.35. The highest BCUT2D eigenvalue weighted by atomic mass is 35.5. The van der Waals surface area contributed by atoms with E-state index in [0.717, 1.165) is 0 Å².